The highest BCUT2D eigenvalue weighted by atomic mass is 35.7. The van der Waals surface area contributed by atoms with E-state index < -0.39 is 15.3 Å². The molecule has 2 N–H and O–H groups in total. The van der Waals surface area contributed by atoms with Crippen LogP contribution < -0.4 is 5.46 Å². The maximum Gasteiger partial charge on any atom is 0.260 e. The molecule has 0 aromatic heterocycles. The van der Waals surface area contributed by atoms with Gasteiger partial charge in [-0.15, -0.1) is 0 Å². The molecule has 0 saturated heterocycles. The highest BCUT2D eigenvalue weighted by molar-refractivity contribution is 8.13. The minimum Gasteiger partial charge on any atom is -0.364 e. The maximum absolute atomic E-state index is 11.0. The number of benzene rings is 1. The van der Waals surface area contributed by atoms with Crippen LogP contribution in [-0.4, -0.2) is 26.5 Å². The van der Waals surface area contributed by atoms with E-state index in [9.17, 15) is 8.42 Å². The van der Waals surface area contributed by atoms with E-state index in [-0.39, 0.29) is 15.9 Å². The van der Waals surface area contributed by atoms with E-state index in [4.69, 9.17) is 28.7 Å². The van der Waals surface area contributed by atoms with Gasteiger partial charge in [0.05, 0.1) is 4.90 Å². The summed E-state index contributed by atoms with van der Waals surface area (Å²) in [6.45, 7) is 0. The van der Waals surface area contributed by atoms with Crippen LogP contribution in [0.2, 0.25) is 0 Å². The van der Waals surface area contributed by atoms with E-state index in [0.29, 0.717) is 0 Å². The Kier molecular flexibility index (Phi) is 3.21. The number of halogens is 1. The molecule has 4 nitrogen and oxygen atoms in total. The van der Waals surface area contributed by atoms with Crippen LogP contribution >= 0.6 is 10.7 Å². The molecule has 1 aromatic rings. The number of aliphatic hydroxyl groups is 2. The summed E-state index contributed by atoms with van der Waals surface area (Å²) in [5.74, 6) is 0. The SMILES string of the molecule is [B]c1ccc(C(O)O)cc1S(=O)(=O)Cl. The largest absolute Gasteiger partial charge is 0.364 e. The minimum atomic E-state index is -3.96. The van der Waals surface area contributed by atoms with Crippen LogP contribution in [0.1, 0.15) is 11.9 Å². The molecular formula is C7H6BClO4S. The fraction of sp³-hybridized carbons (Fsp3) is 0.143. The van der Waals surface area contributed by atoms with Gasteiger partial charge in [0.2, 0.25) is 0 Å². The van der Waals surface area contributed by atoms with E-state index in [2.05, 4.69) is 0 Å². The van der Waals surface area contributed by atoms with Crippen molar-refractivity contribution in [3.8, 4) is 0 Å². The van der Waals surface area contributed by atoms with Gasteiger partial charge in [-0.2, -0.15) is 0 Å². The van der Waals surface area contributed by atoms with Gasteiger partial charge in [0.25, 0.3) is 9.05 Å². The molecule has 0 aliphatic carbocycles. The quantitative estimate of drug-likeness (QED) is 0.405. The molecule has 7 heteroatoms. The van der Waals surface area contributed by atoms with Crippen molar-refractivity contribution < 1.29 is 18.6 Å². The number of aliphatic hydroxyl groups excluding tert-OH is 1. The lowest BCUT2D eigenvalue weighted by atomic mass is 9.95. The number of hydrogen-bond donors (Lipinski definition) is 2. The van der Waals surface area contributed by atoms with Gasteiger partial charge in [-0.1, -0.05) is 17.6 Å². The van der Waals surface area contributed by atoms with Gasteiger partial charge in [-0.05, 0) is 6.07 Å². The van der Waals surface area contributed by atoms with Crippen LogP contribution in [0.3, 0.4) is 0 Å². The Morgan fingerprint density at radius 1 is 1.36 bits per heavy atom. The summed E-state index contributed by atoms with van der Waals surface area (Å²) in [6, 6.07) is 3.55. The topological polar surface area (TPSA) is 74.6 Å². The summed E-state index contributed by atoms with van der Waals surface area (Å²) in [4.78, 5) is -0.329. The van der Waals surface area contributed by atoms with Crippen molar-refractivity contribution in [2.24, 2.45) is 0 Å². The van der Waals surface area contributed by atoms with Gasteiger partial charge in [0.1, 0.15) is 7.85 Å². The standard InChI is InChI=1S/C7H6BClO4S/c8-5-2-1-4(7(10)11)3-6(5)14(9,12)13/h1-3,7,10-11H. The Bertz CT molecular complexity index is 443. The third kappa shape index (κ3) is 2.48. The average Bonchev–Trinajstić information content (AvgIpc) is 2.02. The van der Waals surface area contributed by atoms with Crippen molar-refractivity contribution in [1.29, 1.82) is 0 Å². The second-order valence-corrected chi connectivity index (χ2v) is 5.14. The van der Waals surface area contributed by atoms with Crippen molar-refractivity contribution in [2.75, 3.05) is 0 Å². The summed E-state index contributed by atoms with van der Waals surface area (Å²) < 4.78 is 21.9. The van der Waals surface area contributed by atoms with E-state index >= 15 is 0 Å². The number of hydrogen-bond acceptors (Lipinski definition) is 4. The molecule has 2 radical (unpaired) electrons. The fourth-order valence-corrected chi connectivity index (χ4v) is 1.95. The first-order chi connectivity index (χ1) is 6.32. The Morgan fingerprint density at radius 2 is 1.93 bits per heavy atom. The van der Waals surface area contributed by atoms with E-state index in [1.54, 1.807) is 0 Å². The van der Waals surface area contributed by atoms with E-state index in [1.807, 2.05) is 0 Å². The summed E-state index contributed by atoms with van der Waals surface area (Å²) in [6.07, 6.45) is -1.76. The van der Waals surface area contributed by atoms with Crippen LogP contribution in [0.15, 0.2) is 23.1 Å². The Hall–Kier alpha value is -0.555. The molecule has 0 unspecified atom stereocenters. The first kappa shape index (κ1) is 11.5. The molecule has 74 valence electrons. The molecule has 0 aliphatic rings. The summed E-state index contributed by atoms with van der Waals surface area (Å²) in [7, 11) is 6.45. The van der Waals surface area contributed by atoms with Crippen LogP contribution in [0.25, 0.3) is 0 Å². The highest BCUT2D eigenvalue weighted by Crippen LogP contribution is 2.17. The Labute approximate surface area is 87.0 Å². The van der Waals surface area contributed by atoms with Gasteiger partial charge in [0.15, 0.2) is 6.29 Å². The normalized spacial score (nSPS) is 12.0. The first-order valence-electron chi connectivity index (χ1n) is 3.52. The maximum atomic E-state index is 11.0. The first-order valence-corrected chi connectivity index (χ1v) is 5.83. The van der Waals surface area contributed by atoms with Crippen LogP contribution in [0.4, 0.5) is 0 Å². The predicted molar refractivity (Wildman–Crippen MR) is 52.0 cm³/mol. The third-order valence-corrected chi connectivity index (χ3v) is 2.98. The lowest BCUT2D eigenvalue weighted by Gasteiger charge is -2.07. The smallest absolute Gasteiger partial charge is 0.260 e. The second kappa shape index (κ2) is 3.90. The molecule has 0 fully saturated rings. The molecule has 0 heterocycles. The van der Waals surface area contributed by atoms with Crippen LogP contribution in [0, 0.1) is 0 Å². The average molecular weight is 232 g/mol. The van der Waals surface area contributed by atoms with Gasteiger partial charge in [0, 0.05) is 16.2 Å². The van der Waals surface area contributed by atoms with Crippen molar-refractivity contribution in [3.05, 3.63) is 23.8 Å². The molecule has 0 spiro atoms. The van der Waals surface area contributed by atoms with Crippen molar-refractivity contribution >= 4 is 33.0 Å². The molecule has 0 bridgehead atoms. The Morgan fingerprint density at radius 3 is 2.36 bits per heavy atom. The molecule has 0 saturated carbocycles. The Balaban J connectivity index is 3.37. The second-order valence-electron chi connectivity index (χ2n) is 2.61. The van der Waals surface area contributed by atoms with Crippen molar-refractivity contribution in [1.82, 2.24) is 0 Å². The molecule has 1 rings (SSSR count). The van der Waals surface area contributed by atoms with Crippen LogP contribution in [0.5, 0.6) is 0 Å². The zero-order valence-corrected chi connectivity index (χ0v) is 8.46. The van der Waals surface area contributed by atoms with Gasteiger partial charge in [-0.3, -0.25) is 0 Å². The van der Waals surface area contributed by atoms with Crippen molar-refractivity contribution in [2.45, 2.75) is 11.2 Å². The third-order valence-electron chi connectivity index (χ3n) is 1.60. The van der Waals surface area contributed by atoms with Gasteiger partial charge >= 0.3 is 0 Å². The minimum absolute atomic E-state index is 0.0124. The summed E-state index contributed by atoms with van der Waals surface area (Å²) >= 11 is 0. The van der Waals surface area contributed by atoms with E-state index in [0.717, 1.165) is 6.07 Å². The molecule has 0 atom stereocenters. The zero-order valence-electron chi connectivity index (χ0n) is 6.88. The fourth-order valence-electron chi connectivity index (χ4n) is 0.923. The molecular weight excluding hydrogens is 226 g/mol. The molecule has 0 amide bonds. The van der Waals surface area contributed by atoms with Crippen LogP contribution in [-0.2, 0) is 9.05 Å². The number of rotatable bonds is 2. The molecule has 0 aliphatic heterocycles. The lowest BCUT2D eigenvalue weighted by molar-refractivity contribution is -0.0426. The lowest BCUT2D eigenvalue weighted by Crippen LogP contribution is -2.13. The van der Waals surface area contributed by atoms with Gasteiger partial charge in [-0.25, -0.2) is 8.42 Å². The van der Waals surface area contributed by atoms with Gasteiger partial charge < -0.3 is 10.2 Å². The monoisotopic (exact) mass is 232 g/mol. The molecule has 1 aromatic carbocycles. The summed E-state index contributed by atoms with van der Waals surface area (Å²) in [5, 5.41) is 17.6. The summed E-state index contributed by atoms with van der Waals surface area (Å²) in [5.41, 5.74) is -0.0252. The van der Waals surface area contributed by atoms with E-state index in [1.165, 1.54) is 12.1 Å². The molecule has 14 heavy (non-hydrogen) atoms. The zero-order chi connectivity index (χ0) is 10.9. The predicted octanol–water partition coefficient (Wildman–Crippen LogP) is -0.609. The highest BCUT2D eigenvalue weighted by Gasteiger charge is 2.15. The van der Waals surface area contributed by atoms with Crippen molar-refractivity contribution in [3.63, 3.8) is 0 Å².